The Labute approximate surface area is 223 Å². The molecule has 3 aromatic rings. The number of allylic oxidation sites excluding steroid dienone is 1. The summed E-state index contributed by atoms with van der Waals surface area (Å²) in [6.45, 7) is 8.32. The van der Waals surface area contributed by atoms with Crippen LogP contribution in [0.4, 0.5) is 4.79 Å². The number of nitrogens with one attached hydrogen (secondary N) is 1. The number of aromatic nitrogens is 2. The van der Waals surface area contributed by atoms with Gasteiger partial charge in [0.15, 0.2) is 0 Å². The Morgan fingerprint density at radius 2 is 1.87 bits per heavy atom. The second kappa shape index (κ2) is 11.1. The number of hydrogen-bond donors (Lipinski definition) is 1. The summed E-state index contributed by atoms with van der Waals surface area (Å²) in [5.74, 6) is 0. The second-order valence-corrected chi connectivity index (χ2v) is 10.6. The van der Waals surface area contributed by atoms with E-state index in [1.54, 1.807) is 11.0 Å². The number of aromatic amines is 1. The Hall–Kier alpha value is -4.18. The van der Waals surface area contributed by atoms with Crippen molar-refractivity contribution < 1.29 is 9.53 Å². The van der Waals surface area contributed by atoms with E-state index in [1.165, 1.54) is 11.6 Å². The fraction of sp³-hybridized carbons (Fsp3) is 0.355. The van der Waals surface area contributed by atoms with Crippen molar-refractivity contribution in [2.45, 2.75) is 58.6 Å². The van der Waals surface area contributed by atoms with Gasteiger partial charge in [-0.1, -0.05) is 66.2 Å². The lowest BCUT2D eigenvalue weighted by Crippen LogP contribution is -2.50. The van der Waals surface area contributed by atoms with Gasteiger partial charge in [-0.25, -0.2) is 9.89 Å². The van der Waals surface area contributed by atoms with Gasteiger partial charge in [-0.2, -0.15) is 10.4 Å². The molecule has 1 aromatic heterocycles. The van der Waals surface area contributed by atoms with E-state index in [0.717, 1.165) is 16.7 Å². The molecule has 7 nitrogen and oxygen atoms in total. The zero-order valence-electron chi connectivity index (χ0n) is 22.4. The number of carbonyl (C=O) groups excluding carboxylic acids is 1. The van der Waals surface area contributed by atoms with Crippen LogP contribution in [0.2, 0.25) is 0 Å². The lowest BCUT2D eigenvalue weighted by atomic mass is 9.75. The number of benzene rings is 2. The van der Waals surface area contributed by atoms with Gasteiger partial charge in [0.05, 0.1) is 23.2 Å². The maximum absolute atomic E-state index is 13.7. The number of amides is 1. The molecule has 0 aliphatic carbocycles. The van der Waals surface area contributed by atoms with E-state index in [9.17, 15) is 14.9 Å². The van der Waals surface area contributed by atoms with Crippen molar-refractivity contribution in [1.29, 1.82) is 5.26 Å². The Morgan fingerprint density at radius 3 is 2.45 bits per heavy atom. The van der Waals surface area contributed by atoms with Gasteiger partial charge >= 0.3 is 6.09 Å². The Morgan fingerprint density at radius 1 is 1.16 bits per heavy atom. The molecule has 1 N–H and O–H groups in total. The van der Waals surface area contributed by atoms with Gasteiger partial charge in [-0.05, 0) is 51.3 Å². The summed E-state index contributed by atoms with van der Waals surface area (Å²) in [7, 11) is 0. The highest BCUT2D eigenvalue weighted by Crippen LogP contribution is 2.45. The van der Waals surface area contributed by atoms with Gasteiger partial charge in [0.1, 0.15) is 5.60 Å². The minimum absolute atomic E-state index is 0.214. The molecule has 0 radical (unpaired) electrons. The minimum atomic E-state index is -0.867. The Kier molecular flexibility index (Phi) is 7.82. The predicted molar refractivity (Wildman–Crippen MR) is 147 cm³/mol. The molecule has 0 bridgehead atoms. The highest BCUT2D eigenvalue weighted by molar-refractivity contribution is 5.70. The van der Waals surface area contributed by atoms with Crippen LogP contribution in [0.25, 0.3) is 11.3 Å². The largest absolute Gasteiger partial charge is 0.438 e. The lowest BCUT2D eigenvalue weighted by Gasteiger charge is -2.46. The molecule has 0 saturated carbocycles. The minimum Gasteiger partial charge on any atom is -0.438 e. The van der Waals surface area contributed by atoms with Crippen LogP contribution in [0.5, 0.6) is 0 Å². The van der Waals surface area contributed by atoms with Gasteiger partial charge in [0.2, 0.25) is 0 Å². The highest BCUT2D eigenvalue weighted by Gasteiger charge is 2.47. The van der Waals surface area contributed by atoms with Crippen molar-refractivity contribution >= 4 is 6.09 Å². The van der Waals surface area contributed by atoms with Crippen molar-refractivity contribution in [3.8, 4) is 17.3 Å². The summed E-state index contributed by atoms with van der Waals surface area (Å²) in [6, 6.07) is 23.0. The van der Waals surface area contributed by atoms with Gasteiger partial charge in [-0.15, -0.1) is 0 Å². The SMILES string of the molecule is C/C=C(/C)C[C@@H](c1ccc(-c2ccc(=O)[nH]n2)cc1)N1CC[C@](CC(C)(C)C#N)(c2ccccc2)OC1=O. The normalized spacial score (nSPS) is 19.0. The summed E-state index contributed by atoms with van der Waals surface area (Å²) in [5.41, 5.74) is 2.83. The van der Waals surface area contributed by atoms with Crippen LogP contribution < -0.4 is 5.56 Å². The maximum Gasteiger partial charge on any atom is 0.411 e. The molecule has 0 unspecified atom stereocenters. The summed E-state index contributed by atoms with van der Waals surface area (Å²) in [4.78, 5) is 26.9. The van der Waals surface area contributed by atoms with Crippen molar-refractivity contribution in [2.75, 3.05) is 6.54 Å². The Balaban J connectivity index is 1.65. The number of rotatable bonds is 8. The summed E-state index contributed by atoms with van der Waals surface area (Å²) < 4.78 is 6.30. The van der Waals surface area contributed by atoms with E-state index in [4.69, 9.17) is 4.74 Å². The van der Waals surface area contributed by atoms with Gasteiger partial charge in [-0.3, -0.25) is 4.79 Å². The zero-order chi connectivity index (χ0) is 27.3. The molecular weight excluding hydrogens is 476 g/mol. The fourth-order valence-corrected chi connectivity index (χ4v) is 5.09. The third kappa shape index (κ3) is 5.86. The van der Waals surface area contributed by atoms with E-state index < -0.39 is 11.0 Å². The molecule has 196 valence electrons. The van der Waals surface area contributed by atoms with Gasteiger partial charge < -0.3 is 9.64 Å². The molecule has 1 saturated heterocycles. The molecule has 2 atom stereocenters. The number of cyclic esters (lactones) is 1. The average molecular weight is 511 g/mol. The van der Waals surface area contributed by atoms with E-state index in [0.29, 0.717) is 31.5 Å². The van der Waals surface area contributed by atoms with E-state index in [-0.39, 0.29) is 17.7 Å². The predicted octanol–water partition coefficient (Wildman–Crippen LogP) is 6.51. The quantitative estimate of drug-likeness (QED) is 0.348. The van der Waals surface area contributed by atoms with Crippen molar-refractivity contribution in [1.82, 2.24) is 15.1 Å². The molecule has 2 aromatic carbocycles. The molecule has 2 heterocycles. The molecular formula is C31H34N4O3. The van der Waals surface area contributed by atoms with Crippen LogP contribution in [0.3, 0.4) is 0 Å². The van der Waals surface area contributed by atoms with Crippen LogP contribution in [-0.2, 0) is 10.3 Å². The molecule has 1 aliphatic rings. The number of hydrogen-bond acceptors (Lipinski definition) is 5. The third-order valence-electron chi connectivity index (χ3n) is 7.26. The number of nitrogens with zero attached hydrogens (tertiary/aromatic N) is 3. The molecule has 1 amide bonds. The van der Waals surface area contributed by atoms with Crippen LogP contribution in [0.1, 0.15) is 64.1 Å². The van der Waals surface area contributed by atoms with Crippen molar-refractivity contribution in [3.05, 3.63) is 99.9 Å². The first kappa shape index (κ1) is 26.9. The number of carbonyl (C=O) groups is 1. The summed E-state index contributed by atoms with van der Waals surface area (Å²) in [6.07, 6.45) is 3.35. The standard InChI is InChI=1S/C31H34N4O3/c1-5-22(2)19-27(24-13-11-23(12-14-24)26-15-16-28(36)34-33-26)35-18-17-31(38-29(35)37,20-30(3,4)21-32)25-9-7-6-8-10-25/h5-16,27H,17-20H2,1-4H3,(H,34,36)/b22-5-/t27-,31-/m0/s1. The highest BCUT2D eigenvalue weighted by atomic mass is 16.6. The summed E-state index contributed by atoms with van der Waals surface area (Å²) >= 11 is 0. The second-order valence-electron chi connectivity index (χ2n) is 10.6. The first-order chi connectivity index (χ1) is 18.2. The van der Waals surface area contributed by atoms with E-state index in [1.807, 2.05) is 75.4 Å². The molecule has 0 spiro atoms. The molecule has 4 rings (SSSR count). The van der Waals surface area contributed by atoms with E-state index in [2.05, 4.69) is 29.3 Å². The zero-order valence-corrected chi connectivity index (χ0v) is 22.4. The lowest BCUT2D eigenvalue weighted by molar-refractivity contribution is -0.0783. The van der Waals surface area contributed by atoms with E-state index >= 15 is 0 Å². The van der Waals surface area contributed by atoms with Crippen molar-refractivity contribution in [2.24, 2.45) is 5.41 Å². The van der Waals surface area contributed by atoms with Crippen LogP contribution in [0, 0.1) is 16.7 Å². The fourth-order valence-electron chi connectivity index (χ4n) is 5.09. The molecule has 7 heteroatoms. The number of nitriles is 1. The first-order valence-electron chi connectivity index (χ1n) is 12.9. The van der Waals surface area contributed by atoms with Gasteiger partial charge in [0, 0.05) is 31.0 Å². The molecule has 1 aliphatic heterocycles. The monoisotopic (exact) mass is 510 g/mol. The van der Waals surface area contributed by atoms with Crippen LogP contribution in [0.15, 0.2) is 83.2 Å². The van der Waals surface area contributed by atoms with Crippen LogP contribution in [-0.4, -0.2) is 27.7 Å². The smallest absolute Gasteiger partial charge is 0.411 e. The first-order valence-corrected chi connectivity index (χ1v) is 12.9. The number of H-pyrrole nitrogens is 1. The average Bonchev–Trinajstić information content (AvgIpc) is 2.93. The number of ether oxygens (including phenoxy) is 1. The van der Waals surface area contributed by atoms with Crippen LogP contribution >= 0.6 is 0 Å². The maximum atomic E-state index is 13.7. The topological polar surface area (TPSA) is 99.1 Å². The van der Waals surface area contributed by atoms with Gasteiger partial charge in [0.25, 0.3) is 5.56 Å². The molecule has 1 fully saturated rings. The Bertz CT molecular complexity index is 1380. The van der Waals surface area contributed by atoms with Crippen molar-refractivity contribution in [3.63, 3.8) is 0 Å². The third-order valence-corrected chi connectivity index (χ3v) is 7.26. The molecule has 38 heavy (non-hydrogen) atoms. The summed E-state index contributed by atoms with van der Waals surface area (Å²) in [5, 5.41) is 16.3.